The molecule has 1 N–H and O–H groups in total. The van der Waals surface area contributed by atoms with E-state index in [-0.39, 0.29) is 0 Å². The molecule has 3 heteroatoms. The van der Waals surface area contributed by atoms with E-state index in [0.29, 0.717) is 12.3 Å². The van der Waals surface area contributed by atoms with Crippen molar-refractivity contribution in [1.82, 2.24) is 10.2 Å². The summed E-state index contributed by atoms with van der Waals surface area (Å²) >= 11 is 0. The fourth-order valence-electron chi connectivity index (χ4n) is 2.83. The van der Waals surface area contributed by atoms with E-state index < -0.39 is 0 Å². The lowest BCUT2D eigenvalue weighted by molar-refractivity contribution is -0.130. The molecule has 0 bridgehead atoms. The van der Waals surface area contributed by atoms with E-state index in [1.54, 1.807) is 5.57 Å². The van der Waals surface area contributed by atoms with Gasteiger partial charge in [-0.3, -0.25) is 4.79 Å². The summed E-state index contributed by atoms with van der Waals surface area (Å²) in [5.74, 6) is 0.330. The fourth-order valence-corrected chi connectivity index (χ4v) is 2.83. The van der Waals surface area contributed by atoms with Crippen molar-refractivity contribution >= 4 is 5.91 Å². The van der Waals surface area contributed by atoms with Gasteiger partial charge >= 0.3 is 0 Å². The summed E-state index contributed by atoms with van der Waals surface area (Å²) in [4.78, 5) is 13.8. The van der Waals surface area contributed by atoms with Gasteiger partial charge in [0, 0.05) is 26.1 Å². The molecule has 1 fully saturated rings. The summed E-state index contributed by atoms with van der Waals surface area (Å²) in [6.07, 6.45) is 11.9. The van der Waals surface area contributed by atoms with Crippen molar-refractivity contribution in [3.8, 4) is 0 Å². The maximum atomic E-state index is 11.8. The minimum absolute atomic E-state index is 0.330. The summed E-state index contributed by atoms with van der Waals surface area (Å²) in [7, 11) is 0. The first-order chi connectivity index (χ1) is 8.86. The van der Waals surface area contributed by atoms with E-state index in [4.69, 9.17) is 0 Å². The minimum atomic E-state index is 0.330. The van der Waals surface area contributed by atoms with Crippen LogP contribution >= 0.6 is 0 Å². The lowest BCUT2D eigenvalue weighted by atomic mass is 9.97. The molecule has 0 saturated carbocycles. The van der Waals surface area contributed by atoms with E-state index >= 15 is 0 Å². The highest BCUT2D eigenvalue weighted by atomic mass is 16.2. The molecule has 0 aromatic carbocycles. The number of amides is 1. The Kier molecular flexibility index (Phi) is 5.72. The maximum absolute atomic E-state index is 11.8. The third kappa shape index (κ3) is 4.45. The predicted octanol–water partition coefficient (Wildman–Crippen LogP) is 2.48. The summed E-state index contributed by atoms with van der Waals surface area (Å²) < 4.78 is 0. The number of nitrogens with zero attached hydrogens (tertiary/aromatic N) is 1. The van der Waals surface area contributed by atoms with E-state index in [2.05, 4.69) is 11.4 Å². The summed E-state index contributed by atoms with van der Waals surface area (Å²) in [6.45, 7) is 3.82. The molecule has 1 heterocycles. The molecule has 1 saturated heterocycles. The number of rotatable bonds is 6. The van der Waals surface area contributed by atoms with Crippen LogP contribution in [0.1, 0.15) is 51.4 Å². The number of hydrogen-bond acceptors (Lipinski definition) is 2. The van der Waals surface area contributed by atoms with Crippen LogP contribution in [0.5, 0.6) is 0 Å². The molecule has 0 atom stereocenters. The molecule has 2 rings (SSSR count). The average molecular weight is 250 g/mol. The molecule has 1 aliphatic carbocycles. The largest absolute Gasteiger partial charge is 0.343 e. The summed E-state index contributed by atoms with van der Waals surface area (Å²) in [5, 5.41) is 3.40. The third-order valence-corrected chi connectivity index (χ3v) is 3.98. The highest BCUT2D eigenvalue weighted by Gasteiger charge is 2.16. The average Bonchev–Trinajstić information content (AvgIpc) is 2.93. The van der Waals surface area contributed by atoms with Gasteiger partial charge in [0.25, 0.3) is 0 Å². The Morgan fingerprint density at radius 3 is 2.72 bits per heavy atom. The van der Waals surface area contributed by atoms with Gasteiger partial charge in [-0.1, -0.05) is 11.6 Å². The van der Waals surface area contributed by atoms with Crippen molar-refractivity contribution in [1.29, 1.82) is 0 Å². The van der Waals surface area contributed by atoms with Crippen LogP contribution < -0.4 is 5.32 Å². The normalized spacial score (nSPS) is 20.0. The summed E-state index contributed by atoms with van der Waals surface area (Å²) in [6, 6.07) is 0. The standard InChI is InChI=1S/C15H26N2O/c18-15(17-12-4-5-13-17)9-11-16-10-8-14-6-2-1-3-7-14/h6,16H,1-5,7-13H2. The van der Waals surface area contributed by atoms with Gasteiger partial charge in [0.1, 0.15) is 0 Å². The molecule has 2 aliphatic rings. The molecule has 0 radical (unpaired) electrons. The van der Waals surface area contributed by atoms with Gasteiger partial charge in [-0.2, -0.15) is 0 Å². The topological polar surface area (TPSA) is 32.3 Å². The van der Waals surface area contributed by atoms with Crippen molar-refractivity contribution in [3.05, 3.63) is 11.6 Å². The molecule has 1 amide bonds. The van der Waals surface area contributed by atoms with E-state index in [1.807, 2.05) is 4.90 Å². The second-order valence-electron chi connectivity index (χ2n) is 5.45. The molecule has 0 unspecified atom stereocenters. The lowest BCUT2D eigenvalue weighted by Crippen LogP contribution is -2.31. The van der Waals surface area contributed by atoms with Crippen molar-refractivity contribution < 1.29 is 4.79 Å². The van der Waals surface area contributed by atoms with Crippen LogP contribution in [-0.2, 0) is 4.79 Å². The van der Waals surface area contributed by atoms with Gasteiger partial charge < -0.3 is 10.2 Å². The van der Waals surface area contributed by atoms with Crippen molar-refractivity contribution in [2.45, 2.75) is 51.4 Å². The molecule has 102 valence electrons. The van der Waals surface area contributed by atoms with Gasteiger partial charge in [0.05, 0.1) is 0 Å². The smallest absolute Gasteiger partial charge is 0.223 e. The Morgan fingerprint density at radius 1 is 1.17 bits per heavy atom. The Labute approximate surface area is 111 Å². The SMILES string of the molecule is O=C(CCNCCC1=CCCCC1)N1CCCC1. The second kappa shape index (κ2) is 7.57. The Morgan fingerprint density at radius 2 is 2.00 bits per heavy atom. The number of hydrogen-bond donors (Lipinski definition) is 1. The fraction of sp³-hybridized carbons (Fsp3) is 0.800. The highest BCUT2D eigenvalue weighted by molar-refractivity contribution is 5.76. The van der Waals surface area contributed by atoms with Crippen LogP contribution in [0.25, 0.3) is 0 Å². The number of carbonyl (C=O) groups excluding carboxylic acids is 1. The van der Waals surface area contributed by atoms with Gasteiger partial charge in [-0.15, -0.1) is 0 Å². The van der Waals surface area contributed by atoms with E-state index in [0.717, 1.165) is 32.6 Å². The van der Waals surface area contributed by atoms with Crippen LogP contribution in [0.4, 0.5) is 0 Å². The monoisotopic (exact) mass is 250 g/mol. The molecular weight excluding hydrogens is 224 g/mol. The van der Waals surface area contributed by atoms with Crippen LogP contribution in [0.3, 0.4) is 0 Å². The lowest BCUT2D eigenvalue weighted by Gasteiger charge is -2.16. The molecular formula is C15H26N2O. The zero-order valence-electron chi connectivity index (χ0n) is 11.4. The van der Waals surface area contributed by atoms with Gasteiger partial charge in [0.15, 0.2) is 0 Å². The summed E-state index contributed by atoms with van der Waals surface area (Å²) in [5.41, 5.74) is 1.61. The highest BCUT2D eigenvalue weighted by Crippen LogP contribution is 2.19. The van der Waals surface area contributed by atoms with Crippen LogP contribution in [-0.4, -0.2) is 37.0 Å². The Hall–Kier alpha value is -0.830. The molecule has 1 aliphatic heterocycles. The van der Waals surface area contributed by atoms with Crippen LogP contribution in [0, 0.1) is 0 Å². The van der Waals surface area contributed by atoms with Crippen LogP contribution in [0.15, 0.2) is 11.6 Å². The van der Waals surface area contributed by atoms with Gasteiger partial charge in [0.2, 0.25) is 5.91 Å². The predicted molar refractivity (Wildman–Crippen MR) is 74.5 cm³/mol. The van der Waals surface area contributed by atoms with Crippen molar-refractivity contribution in [2.75, 3.05) is 26.2 Å². The first-order valence-corrected chi connectivity index (χ1v) is 7.52. The van der Waals surface area contributed by atoms with Gasteiger partial charge in [-0.05, 0) is 51.5 Å². The number of likely N-dealkylation sites (tertiary alicyclic amines) is 1. The first-order valence-electron chi connectivity index (χ1n) is 7.52. The maximum Gasteiger partial charge on any atom is 0.223 e. The zero-order chi connectivity index (χ0) is 12.6. The number of carbonyl (C=O) groups is 1. The van der Waals surface area contributed by atoms with Crippen molar-refractivity contribution in [2.24, 2.45) is 0 Å². The van der Waals surface area contributed by atoms with Crippen molar-refractivity contribution in [3.63, 3.8) is 0 Å². The number of nitrogens with one attached hydrogen (secondary N) is 1. The number of allylic oxidation sites excluding steroid dienone is 1. The van der Waals surface area contributed by atoms with E-state index in [9.17, 15) is 4.79 Å². The van der Waals surface area contributed by atoms with E-state index in [1.165, 1.54) is 38.5 Å². The third-order valence-electron chi connectivity index (χ3n) is 3.98. The van der Waals surface area contributed by atoms with Gasteiger partial charge in [-0.25, -0.2) is 0 Å². The Bertz CT molecular complexity index is 293. The molecule has 0 aromatic rings. The first kappa shape index (κ1) is 13.6. The molecule has 18 heavy (non-hydrogen) atoms. The zero-order valence-corrected chi connectivity index (χ0v) is 11.4. The molecule has 0 spiro atoms. The Balaban J connectivity index is 1.50. The second-order valence-corrected chi connectivity index (χ2v) is 5.45. The molecule has 3 nitrogen and oxygen atoms in total. The molecule has 0 aromatic heterocycles. The minimum Gasteiger partial charge on any atom is -0.343 e. The quantitative estimate of drug-likeness (QED) is 0.580. The van der Waals surface area contributed by atoms with Crippen LogP contribution in [0.2, 0.25) is 0 Å².